The van der Waals surface area contributed by atoms with Crippen molar-refractivity contribution >= 4 is 21.7 Å². The zero-order chi connectivity index (χ0) is 15.9. The van der Waals surface area contributed by atoms with E-state index in [0.717, 1.165) is 0 Å². The third-order valence-electron chi connectivity index (χ3n) is 2.66. The highest BCUT2D eigenvalue weighted by Crippen LogP contribution is 2.12. The van der Waals surface area contributed by atoms with E-state index in [1.807, 2.05) is 0 Å². The van der Waals surface area contributed by atoms with Gasteiger partial charge in [0, 0.05) is 19.2 Å². The van der Waals surface area contributed by atoms with Crippen molar-refractivity contribution in [2.45, 2.75) is 11.3 Å². The number of ether oxygens (including phenoxy) is 1. The molecule has 7 nitrogen and oxygen atoms in total. The fourth-order valence-electron chi connectivity index (χ4n) is 1.51. The minimum absolute atomic E-state index is 0.0159. The number of carboxylic acid groups (broad SMARTS) is 1. The van der Waals surface area contributed by atoms with Crippen LogP contribution in [0.3, 0.4) is 0 Å². The summed E-state index contributed by atoms with van der Waals surface area (Å²) in [4.78, 5) is 22.1. The van der Waals surface area contributed by atoms with Crippen LogP contribution in [0.1, 0.15) is 16.8 Å². The fraction of sp³-hybridized carbons (Fsp3) is 0.385. The molecular weight excluding hydrogens is 298 g/mol. The van der Waals surface area contributed by atoms with E-state index in [-0.39, 0.29) is 35.8 Å². The van der Waals surface area contributed by atoms with Gasteiger partial charge in [0.15, 0.2) is 9.84 Å². The Morgan fingerprint density at radius 1 is 1.24 bits per heavy atom. The first kappa shape index (κ1) is 17.1. The average molecular weight is 315 g/mol. The summed E-state index contributed by atoms with van der Waals surface area (Å²) >= 11 is 0. The lowest BCUT2D eigenvalue weighted by Gasteiger charge is -2.06. The van der Waals surface area contributed by atoms with E-state index in [9.17, 15) is 18.0 Å². The molecule has 0 saturated heterocycles. The predicted octanol–water partition coefficient (Wildman–Crippen LogP) is 0.311. The summed E-state index contributed by atoms with van der Waals surface area (Å²) in [5.41, 5.74) is 0.270. The summed E-state index contributed by atoms with van der Waals surface area (Å²) in [6.07, 6.45) is -0.171. The Kier molecular flexibility index (Phi) is 6.32. The van der Waals surface area contributed by atoms with Gasteiger partial charge in [0.1, 0.15) is 0 Å². The highest BCUT2D eigenvalue weighted by atomic mass is 32.2. The molecule has 1 amide bonds. The maximum Gasteiger partial charge on any atom is 0.305 e. The van der Waals surface area contributed by atoms with Gasteiger partial charge in [-0.3, -0.25) is 9.59 Å². The number of aliphatic carboxylic acids is 1. The number of benzene rings is 1. The van der Waals surface area contributed by atoms with Crippen LogP contribution in [0.4, 0.5) is 0 Å². The second kappa shape index (κ2) is 7.75. The molecule has 0 aliphatic rings. The first-order chi connectivity index (χ1) is 9.86. The fourth-order valence-corrected chi connectivity index (χ4v) is 2.68. The van der Waals surface area contributed by atoms with Gasteiger partial charge in [-0.15, -0.1) is 0 Å². The molecule has 21 heavy (non-hydrogen) atoms. The van der Waals surface area contributed by atoms with Crippen molar-refractivity contribution < 1.29 is 27.9 Å². The number of sulfone groups is 1. The van der Waals surface area contributed by atoms with Gasteiger partial charge in [-0.25, -0.2) is 8.42 Å². The molecule has 0 fully saturated rings. The van der Waals surface area contributed by atoms with Crippen LogP contribution in [-0.4, -0.2) is 51.4 Å². The molecule has 8 heteroatoms. The molecule has 1 aromatic carbocycles. The van der Waals surface area contributed by atoms with E-state index < -0.39 is 21.7 Å². The molecule has 1 rings (SSSR count). The zero-order valence-corrected chi connectivity index (χ0v) is 12.4. The van der Waals surface area contributed by atoms with Gasteiger partial charge in [0.05, 0.1) is 23.7 Å². The van der Waals surface area contributed by atoms with Gasteiger partial charge in [0.2, 0.25) is 0 Å². The molecule has 0 aliphatic carbocycles. The molecule has 0 bridgehead atoms. The normalized spacial score (nSPS) is 11.1. The van der Waals surface area contributed by atoms with Crippen molar-refractivity contribution in [3.8, 4) is 0 Å². The quantitative estimate of drug-likeness (QED) is 0.714. The lowest BCUT2D eigenvalue weighted by Crippen LogP contribution is -2.26. The standard InChI is InChI=1S/C13H17NO6S/c1-20-8-9-21(18,19)11-4-2-10(3-5-11)13(17)14-7-6-12(15)16/h2-5H,6-9H2,1H3,(H,14,17)(H,15,16). The van der Waals surface area contributed by atoms with Gasteiger partial charge < -0.3 is 15.2 Å². The second-order valence-corrected chi connectivity index (χ2v) is 6.34. The lowest BCUT2D eigenvalue weighted by molar-refractivity contribution is -0.136. The number of nitrogens with one attached hydrogen (secondary N) is 1. The van der Waals surface area contributed by atoms with Crippen molar-refractivity contribution in [1.29, 1.82) is 0 Å². The summed E-state index contributed by atoms with van der Waals surface area (Å²) < 4.78 is 28.5. The molecular formula is C13H17NO6S. The highest BCUT2D eigenvalue weighted by Gasteiger charge is 2.15. The number of carboxylic acids is 1. The monoisotopic (exact) mass is 315 g/mol. The van der Waals surface area contributed by atoms with E-state index in [1.165, 1.54) is 31.4 Å². The topological polar surface area (TPSA) is 110 Å². The van der Waals surface area contributed by atoms with Crippen LogP contribution in [0, 0.1) is 0 Å². The Morgan fingerprint density at radius 2 is 1.86 bits per heavy atom. The maximum atomic E-state index is 11.9. The number of methoxy groups -OCH3 is 1. The van der Waals surface area contributed by atoms with Crippen molar-refractivity contribution in [3.63, 3.8) is 0 Å². The van der Waals surface area contributed by atoms with E-state index in [0.29, 0.717) is 0 Å². The van der Waals surface area contributed by atoms with Crippen LogP contribution in [0.15, 0.2) is 29.2 Å². The van der Waals surface area contributed by atoms with Gasteiger partial charge in [0.25, 0.3) is 5.91 Å². The van der Waals surface area contributed by atoms with Gasteiger partial charge in [-0.1, -0.05) is 0 Å². The number of amides is 1. The van der Waals surface area contributed by atoms with Crippen LogP contribution in [-0.2, 0) is 19.4 Å². The van der Waals surface area contributed by atoms with Crippen molar-refractivity contribution in [1.82, 2.24) is 5.32 Å². The summed E-state index contributed by atoms with van der Waals surface area (Å²) in [6, 6.07) is 5.46. The molecule has 1 aromatic rings. The number of carbonyl (C=O) groups excluding carboxylic acids is 1. The van der Waals surface area contributed by atoms with E-state index in [4.69, 9.17) is 9.84 Å². The second-order valence-electron chi connectivity index (χ2n) is 4.24. The van der Waals surface area contributed by atoms with E-state index in [1.54, 1.807) is 0 Å². The largest absolute Gasteiger partial charge is 0.481 e. The maximum absolute atomic E-state index is 11.9. The zero-order valence-electron chi connectivity index (χ0n) is 11.5. The first-order valence-corrected chi connectivity index (χ1v) is 7.84. The summed E-state index contributed by atoms with van der Waals surface area (Å²) in [6.45, 7) is 0.113. The SMILES string of the molecule is COCCS(=O)(=O)c1ccc(C(=O)NCCC(=O)O)cc1. The Morgan fingerprint density at radius 3 is 2.38 bits per heavy atom. The summed E-state index contributed by atoms with van der Waals surface area (Å²) in [5, 5.41) is 10.9. The third-order valence-corrected chi connectivity index (χ3v) is 4.35. The smallest absolute Gasteiger partial charge is 0.305 e. The van der Waals surface area contributed by atoms with Crippen molar-refractivity contribution in [3.05, 3.63) is 29.8 Å². The molecule has 0 spiro atoms. The highest BCUT2D eigenvalue weighted by molar-refractivity contribution is 7.91. The Balaban J connectivity index is 2.69. The van der Waals surface area contributed by atoms with E-state index in [2.05, 4.69) is 5.32 Å². The molecule has 0 radical (unpaired) electrons. The number of rotatable bonds is 8. The predicted molar refractivity (Wildman–Crippen MR) is 75.0 cm³/mol. The molecule has 0 saturated carbocycles. The number of hydrogen-bond donors (Lipinski definition) is 2. The minimum atomic E-state index is -3.43. The minimum Gasteiger partial charge on any atom is -0.481 e. The Bertz CT molecular complexity index is 594. The van der Waals surface area contributed by atoms with Gasteiger partial charge in [-0.05, 0) is 24.3 Å². The van der Waals surface area contributed by atoms with Crippen molar-refractivity contribution in [2.75, 3.05) is 26.0 Å². The number of hydrogen-bond acceptors (Lipinski definition) is 5. The lowest BCUT2D eigenvalue weighted by atomic mass is 10.2. The average Bonchev–Trinajstić information content (AvgIpc) is 2.45. The van der Waals surface area contributed by atoms with Crippen LogP contribution in [0.5, 0.6) is 0 Å². The number of carbonyl (C=O) groups is 2. The molecule has 0 aromatic heterocycles. The van der Waals surface area contributed by atoms with Gasteiger partial charge >= 0.3 is 5.97 Å². The molecule has 0 atom stereocenters. The van der Waals surface area contributed by atoms with Crippen LogP contribution in [0.2, 0.25) is 0 Å². The molecule has 0 unspecified atom stereocenters. The van der Waals surface area contributed by atoms with Gasteiger partial charge in [-0.2, -0.15) is 0 Å². The van der Waals surface area contributed by atoms with Crippen LogP contribution >= 0.6 is 0 Å². The summed E-state index contributed by atoms with van der Waals surface area (Å²) in [7, 11) is -2.01. The first-order valence-electron chi connectivity index (χ1n) is 6.18. The molecule has 0 aliphatic heterocycles. The van der Waals surface area contributed by atoms with Crippen LogP contribution in [0.25, 0.3) is 0 Å². The van der Waals surface area contributed by atoms with Crippen LogP contribution < -0.4 is 5.32 Å². The van der Waals surface area contributed by atoms with Crippen molar-refractivity contribution in [2.24, 2.45) is 0 Å². The molecule has 116 valence electrons. The molecule has 2 N–H and O–H groups in total. The Labute approximate surface area is 122 Å². The third kappa shape index (κ3) is 5.52. The Hall–Kier alpha value is -1.93. The van der Waals surface area contributed by atoms with E-state index >= 15 is 0 Å². The molecule has 0 heterocycles. The summed E-state index contributed by atoms with van der Waals surface area (Å²) in [5.74, 6) is -1.58.